The molecule has 47 heavy (non-hydrogen) atoms. The van der Waals surface area contributed by atoms with Crippen LogP contribution in [0.5, 0.6) is 5.75 Å². The van der Waals surface area contributed by atoms with Gasteiger partial charge in [0.05, 0.1) is 22.6 Å². The third kappa shape index (κ3) is 7.89. The first kappa shape index (κ1) is 33.0. The molecule has 0 aliphatic heterocycles. The van der Waals surface area contributed by atoms with E-state index in [0.29, 0.717) is 56.4 Å². The van der Waals surface area contributed by atoms with Crippen LogP contribution in [-0.2, 0) is 17.9 Å². The van der Waals surface area contributed by atoms with E-state index in [1.165, 1.54) is 18.0 Å². The standard InChI is InChI=1S/C34H30Cl2N6O5/c1-21-11-12-23-7-4-10-29(32(23)42(21)46)47-20-26-27(35)13-14-28(31(26)36)41(2)30(43)19-39-34(45)40-25-9-3-8-24(16-25)33(44)38-18-22-6-5-15-37-17-22/h3-17H,18-20H2,1-2H3,(H,38,44)(H2,39,40,45). The zero-order valence-corrected chi connectivity index (χ0v) is 26.9. The Hall–Kier alpha value is -5.39. The number of nitrogens with one attached hydrogen (secondary N) is 3. The second kappa shape index (κ2) is 14.8. The second-order valence-electron chi connectivity index (χ2n) is 10.5. The molecule has 5 aromatic rings. The number of benzene rings is 3. The van der Waals surface area contributed by atoms with Crippen molar-refractivity contribution in [3.8, 4) is 5.75 Å². The van der Waals surface area contributed by atoms with Crippen molar-refractivity contribution in [1.82, 2.24) is 15.6 Å². The smallest absolute Gasteiger partial charge is 0.319 e. The number of carbonyl (C=O) groups is 3. The van der Waals surface area contributed by atoms with Gasteiger partial charge in [-0.05, 0) is 60.2 Å². The molecule has 5 rings (SSSR count). The fourth-order valence-electron chi connectivity index (χ4n) is 4.70. The van der Waals surface area contributed by atoms with Crippen molar-refractivity contribution in [1.29, 1.82) is 0 Å². The number of halogens is 2. The van der Waals surface area contributed by atoms with Crippen LogP contribution in [-0.4, -0.2) is 36.4 Å². The molecule has 0 spiro atoms. The quantitative estimate of drug-likeness (QED) is 0.127. The summed E-state index contributed by atoms with van der Waals surface area (Å²) in [6.45, 7) is 1.59. The largest absolute Gasteiger partial charge is 0.618 e. The van der Waals surface area contributed by atoms with Crippen LogP contribution >= 0.6 is 23.2 Å². The molecule has 4 amide bonds. The van der Waals surface area contributed by atoms with Crippen molar-refractivity contribution in [2.24, 2.45) is 0 Å². The number of ether oxygens (including phenoxy) is 1. The number of hydrogen-bond acceptors (Lipinski definition) is 6. The number of amides is 4. The lowest BCUT2D eigenvalue weighted by molar-refractivity contribution is -0.584. The molecule has 3 N–H and O–H groups in total. The number of carbonyl (C=O) groups excluding carboxylic acids is 3. The number of hydrogen-bond donors (Lipinski definition) is 3. The van der Waals surface area contributed by atoms with Crippen LogP contribution in [0.2, 0.25) is 10.0 Å². The van der Waals surface area contributed by atoms with Gasteiger partial charge < -0.3 is 30.8 Å². The van der Waals surface area contributed by atoms with Crippen LogP contribution in [0.15, 0.2) is 91.3 Å². The van der Waals surface area contributed by atoms with Crippen molar-refractivity contribution in [3.05, 3.63) is 129 Å². The van der Waals surface area contributed by atoms with Gasteiger partial charge in [-0.3, -0.25) is 14.6 Å². The summed E-state index contributed by atoms with van der Waals surface area (Å²) in [5, 5.41) is 21.9. The predicted molar refractivity (Wildman–Crippen MR) is 181 cm³/mol. The van der Waals surface area contributed by atoms with Gasteiger partial charge in [-0.15, -0.1) is 0 Å². The van der Waals surface area contributed by atoms with E-state index in [-0.39, 0.29) is 24.1 Å². The van der Waals surface area contributed by atoms with Crippen LogP contribution in [0.25, 0.3) is 10.9 Å². The minimum absolute atomic E-state index is 0.0677. The van der Waals surface area contributed by atoms with Gasteiger partial charge in [0.25, 0.3) is 11.4 Å². The lowest BCUT2D eigenvalue weighted by Crippen LogP contribution is -2.40. The van der Waals surface area contributed by atoms with Crippen molar-refractivity contribution >= 4 is 63.3 Å². The number of nitrogens with zero attached hydrogens (tertiary/aromatic N) is 3. The molecule has 0 unspecified atom stereocenters. The Kier molecular flexibility index (Phi) is 10.4. The molecule has 0 atom stereocenters. The third-order valence-corrected chi connectivity index (χ3v) is 8.07. The Morgan fingerprint density at radius 1 is 0.979 bits per heavy atom. The first-order chi connectivity index (χ1) is 22.6. The lowest BCUT2D eigenvalue weighted by Gasteiger charge is -2.21. The highest BCUT2D eigenvalue weighted by atomic mass is 35.5. The van der Waals surface area contributed by atoms with Gasteiger partial charge in [0, 0.05) is 60.8 Å². The van der Waals surface area contributed by atoms with Gasteiger partial charge in [-0.2, -0.15) is 4.73 Å². The van der Waals surface area contributed by atoms with E-state index in [1.807, 2.05) is 18.2 Å². The molecule has 13 heteroatoms. The summed E-state index contributed by atoms with van der Waals surface area (Å²) < 4.78 is 6.81. The molecule has 11 nitrogen and oxygen atoms in total. The maximum atomic E-state index is 13.0. The number of aromatic nitrogens is 2. The zero-order valence-electron chi connectivity index (χ0n) is 25.4. The normalized spacial score (nSPS) is 10.7. The van der Waals surface area contributed by atoms with E-state index in [9.17, 15) is 19.6 Å². The summed E-state index contributed by atoms with van der Waals surface area (Å²) >= 11 is 13.2. The zero-order chi connectivity index (χ0) is 33.5. The summed E-state index contributed by atoms with van der Waals surface area (Å²) in [5.41, 5.74) is 3.23. The van der Waals surface area contributed by atoms with Crippen LogP contribution in [0, 0.1) is 12.1 Å². The molecular formula is C34H30Cl2N6O5. The van der Waals surface area contributed by atoms with Gasteiger partial charge in [0.1, 0.15) is 6.61 Å². The minimum atomic E-state index is -0.642. The number of urea groups is 1. The average molecular weight is 674 g/mol. The highest BCUT2D eigenvalue weighted by molar-refractivity contribution is 6.38. The maximum absolute atomic E-state index is 13.0. The first-order valence-electron chi connectivity index (χ1n) is 14.4. The summed E-state index contributed by atoms with van der Waals surface area (Å²) in [6.07, 6.45) is 3.31. The number of para-hydroxylation sites is 1. The van der Waals surface area contributed by atoms with Crippen molar-refractivity contribution < 1.29 is 23.9 Å². The van der Waals surface area contributed by atoms with E-state index in [0.717, 1.165) is 10.3 Å². The molecule has 240 valence electrons. The molecule has 0 aliphatic rings. The molecule has 2 heterocycles. The van der Waals surface area contributed by atoms with E-state index in [1.54, 1.807) is 73.9 Å². The van der Waals surface area contributed by atoms with Gasteiger partial charge >= 0.3 is 6.03 Å². The van der Waals surface area contributed by atoms with Crippen LogP contribution in [0.4, 0.5) is 16.2 Å². The number of pyridine rings is 2. The molecule has 0 bridgehead atoms. The summed E-state index contributed by atoms with van der Waals surface area (Å²) in [6, 6.07) is 21.4. The van der Waals surface area contributed by atoms with Gasteiger partial charge in [-0.25, -0.2) is 4.79 Å². The molecule has 0 saturated heterocycles. The molecule has 3 aromatic carbocycles. The monoisotopic (exact) mass is 672 g/mol. The third-order valence-electron chi connectivity index (χ3n) is 7.29. The highest BCUT2D eigenvalue weighted by Crippen LogP contribution is 2.35. The van der Waals surface area contributed by atoms with E-state index >= 15 is 0 Å². The lowest BCUT2D eigenvalue weighted by atomic mass is 10.1. The molecule has 0 fully saturated rings. The van der Waals surface area contributed by atoms with Crippen LogP contribution in [0.3, 0.4) is 0 Å². The predicted octanol–water partition coefficient (Wildman–Crippen LogP) is 5.78. The number of likely N-dealkylation sites (N-methyl/N-ethyl adjacent to an activating group) is 1. The fraction of sp³-hybridized carbons (Fsp3) is 0.147. The Balaban J connectivity index is 1.18. The number of rotatable bonds is 10. The Morgan fingerprint density at radius 2 is 1.79 bits per heavy atom. The number of aryl methyl sites for hydroxylation is 1. The average Bonchev–Trinajstić information content (AvgIpc) is 3.08. The van der Waals surface area contributed by atoms with Crippen molar-refractivity contribution in [3.63, 3.8) is 0 Å². The Bertz CT molecular complexity index is 1960. The number of fused-ring (bicyclic) bond motifs is 1. The van der Waals surface area contributed by atoms with Crippen molar-refractivity contribution in [2.45, 2.75) is 20.1 Å². The minimum Gasteiger partial charge on any atom is -0.618 e. The van der Waals surface area contributed by atoms with E-state index < -0.39 is 11.9 Å². The summed E-state index contributed by atoms with van der Waals surface area (Å²) in [7, 11) is 1.52. The molecule has 0 aliphatic carbocycles. The fourth-order valence-corrected chi connectivity index (χ4v) is 5.30. The van der Waals surface area contributed by atoms with Crippen molar-refractivity contribution in [2.75, 3.05) is 23.8 Å². The van der Waals surface area contributed by atoms with Gasteiger partial charge in [-0.1, -0.05) is 41.4 Å². The van der Waals surface area contributed by atoms with Crippen LogP contribution in [0.1, 0.15) is 27.2 Å². The van der Waals surface area contributed by atoms with Crippen LogP contribution < -0.4 is 30.3 Å². The van der Waals surface area contributed by atoms with Gasteiger partial charge in [0.15, 0.2) is 11.4 Å². The summed E-state index contributed by atoms with van der Waals surface area (Å²) in [5.74, 6) is -0.424. The first-order valence-corrected chi connectivity index (χ1v) is 15.2. The Morgan fingerprint density at radius 3 is 2.57 bits per heavy atom. The molecular weight excluding hydrogens is 643 g/mol. The summed E-state index contributed by atoms with van der Waals surface area (Å²) in [4.78, 5) is 43.6. The topological polar surface area (TPSA) is 140 Å². The SMILES string of the molecule is Cc1ccc2cccc(OCc3c(Cl)ccc(N(C)C(=O)CNC(=O)Nc4cccc(C(=O)NCc5cccnc5)c4)c3Cl)c2[n+]1[O-]. The maximum Gasteiger partial charge on any atom is 0.319 e. The number of anilines is 2. The van der Waals surface area contributed by atoms with E-state index in [2.05, 4.69) is 20.9 Å². The van der Waals surface area contributed by atoms with E-state index in [4.69, 9.17) is 27.9 Å². The highest BCUT2D eigenvalue weighted by Gasteiger charge is 2.21. The molecule has 2 aromatic heterocycles. The molecule has 0 saturated carbocycles. The Labute approximate surface area is 280 Å². The second-order valence-corrected chi connectivity index (χ2v) is 11.3. The van der Waals surface area contributed by atoms with Gasteiger partial charge in [0.2, 0.25) is 5.91 Å². The molecule has 0 radical (unpaired) electrons.